The normalized spacial score (nSPS) is 10.9. The van der Waals surface area contributed by atoms with Crippen LogP contribution in [0.2, 0.25) is 0 Å². The molecule has 0 fully saturated rings. The molecule has 0 N–H and O–H groups in total. The maximum atomic E-state index is 12.0. The number of rotatable bonds is 4. The van der Waals surface area contributed by atoms with E-state index in [0.717, 1.165) is 10.6 Å². The highest BCUT2D eigenvalue weighted by molar-refractivity contribution is 7.10. The number of Topliss-reactive ketones (excluding diaryl/α,β-unsaturated/α-hetero) is 1. The smallest absolute Gasteiger partial charge is 0.181 e. The van der Waals surface area contributed by atoms with Gasteiger partial charge < -0.3 is 0 Å². The molecule has 0 radical (unpaired) electrons. The maximum Gasteiger partial charge on any atom is 0.181 e. The number of aromatic nitrogens is 3. The van der Waals surface area contributed by atoms with Gasteiger partial charge in [-0.05, 0) is 17.5 Å². The van der Waals surface area contributed by atoms with Crippen LogP contribution in [0.3, 0.4) is 0 Å². The van der Waals surface area contributed by atoms with Crippen LogP contribution < -0.4 is 0 Å². The number of ketones is 1. The molecule has 0 atom stereocenters. The fourth-order valence-corrected chi connectivity index (χ4v) is 2.68. The van der Waals surface area contributed by atoms with E-state index in [2.05, 4.69) is 14.6 Å². The van der Waals surface area contributed by atoms with Crippen molar-refractivity contribution in [2.45, 2.75) is 26.2 Å². The van der Waals surface area contributed by atoms with Crippen molar-refractivity contribution in [3.05, 3.63) is 27.2 Å². The number of thiazole rings is 1. The Morgan fingerprint density at radius 2 is 2.31 bits per heavy atom. The minimum atomic E-state index is 0.0861. The molecule has 0 saturated carbocycles. The van der Waals surface area contributed by atoms with Crippen LogP contribution in [-0.2, 0) is 6.42 Å². The van der Waals surface area contributed by atoms with Crippen LogP contribution >= 0.6 is 22.9 Å². The van der Waals surface area contributed by atoms with Crippen LogP contribution in [0.25, 0.3) is 0 Å². The molecule has 16 heavy (non-hydrogen) atoms. The van der Waals surface area contributed by atoms with Gasteiger partial charge in [-0.2, -0.15) is 0 Å². The molecule has 0 bridgehead atoms. The standard InChI is InChI=1S/C10H11N3OS2/c1-6(2)9-10(16-13-12-9)8(14)3-7-4-11-5-15-7/h4-6H,3H2,1-2H3. The number of hydrogen-bond donors (Lipinski definition) is 0. The summed E-state index contributed by atoms with van der Waals surface area (Å²) in [6.45, 7) is 4.03. The quantitative estimate of drug-likeness (QED) is 0.786. The van der Waals surface area contributed by atoms with E-state index in [1.807, 2.05) is 13.8 Å². The van der Waals surface area contributed by atoms with E-state index in [9.17, 15) is 4.79 Å². The minimum Gasteiger partial charge on any atom is -0.293 e. The van der Waals surface area contributed by atoms with E-state index in [0.29, 0.717) is 11.3 Å². The summed E-state index contributed by atoms with van der Waals surface area (Å²) in [4.78, 5) is 17.6. The zero-order valence-electron chi connectivity index (χ0n) is 9.01. The predicted molar refractivity (Wildman–Crippen MR) is 64.1 cm³/mol. The van der Waals surface area contributed by atoms with Gasteiger partial charge in [0.2, 0.25) is 0 Å². The Kier molecular flexibility index (Phi) is 3.40. The first kappa shape index (κ1) is 11.3. The van der Waals surface area contributed by atoms with Crippen molar-refractivity contribution >= 4 is 28.7 Å². The topological polar surface area (TPSA) is 55.7 Å². The summed E-state index contributed by atoms with van der Waals surface area (Å²) in [6.07, 6.45) is 2.13. The molecule has 0 aromatic carbocycles. The van der Waals surface area contributed by atoms with Crippen molar-refractivity contribution in [3.63, 3.8) is 0 Å². The molecule has 0 aliphatic carbocycles. The molecular weight excluding hydrogens is 242 g/mol. The van der Waals surface area contributed by atoms with Crippen molar-refractivity contribution < 1.29 is 4.79 Å². The van der Waals surface area contributed by atoms with E-state index in [1.54, 1.807) is 11.7 Å². The monoisotopic (exact) mass is 253 g/mol. The van der Waals surface area contributed by atoms with Crippen LogP contribution in [-0.4, -0.2) is 20.4 Å². The molecule has 6 heteroatoms. The van der Waals surface area contributed by atoms with Gasteiger partial charge in [-0.3, -0.25) is 9.78 Å². The number of hydrogen-bond acceptors (Lipinski definition) is 6. The lowest BCUT2D eigenvalue weighted by Gasteiger charge is -2.01. The molecular formula is C10H11N3OS2. The van der Waals surface area contributed by atoms with Crippen LogP contribution in [0.15, 0.2) is 11.7 Å². The Labute approximate surface area is 102 Å². The second-order valence-corrected chi connectivity index (χ2v) is 5.43. The summed E-state index contributed by atoms with van der Waals surface area (Å²) in [6, 6.07) is 0. The van der Waals surface area contributed by atoms with Gasteiger partial charge >= 0.3 is 0 Å². The summed E-state index contributed by atoms with van der Waals surface area (Å²) in [5.41, 5.74) is 2.54. The highest BCUT2D eigenvalue weighted by Crippen LogP contribution is 2.22. The lowest BCUT2D eigenvalue weighted by Crippen LogP contribution is -2.04. The molecule has 0 aliphatic heterocycles. The molecule has 0 aliphatic rings. The highest BCUT2D eigenvalue weighted by Gasteiger charge is 2.19. The average Bonchev–Trinajstić information content (AvgIpc) is 2.86. The van der Waals surface area contributed by atoms with Crippen molar-refractivity contribution in [1.29, 1.82) is 0 Å². The Morgan fingerprint density at radius 3 is 2.94 bits per heavy atom. The van der Waals surface area contributed by atoms with E-state index >= 15 is 0 Å². The first-order valence-electron chi connectivity index (χ1n) is 4.91. The molecule has 2 heterocycles. The van der Waals surface area contributed by atoms with Gasteiger partial charge in [0, 0.05) is 17.5 Å². The number of carbonyl (C=O) groups excluding carboxylic acids is 1. The van der Waals surface area contributed by atoms with Gasteiger partial charge in [0.05, 0.1) is 11.2 Å². The third-order valence-electron chi connectivity index (χ3n) is 2.13. The van der Waals surface area contributed by atoms with Crippen molar-refractivity contribution in [2.24, 2.45) is 0 Å². The Hall–Kier alpha value is -1.14. The summed E-state index contributed by atoms with van der Waals surface area (Å²) in [5, 5.41) is 4.00. The number of nitrogens with zero attached hydrogens (tertiary/aromatic N) is 3. The first-order chi connectivity index (χ1) is 7.68. The van der Waals surface area contributed by atoms with E-state index in [1.165, 1.54) is 22.9 Å². The molecule has 84 valence electrons. The third kappa shape index (κ3) is 2.33. The van der Waals surface area contributed by atoms with Gasteiger partial charge in [-0.1, -0.05) is 18.3 Å². The summed E-state index contributed by atoms with van der Waals surface area (Å²) < 4.78 is 3.85. The predicted octanol–water partition coefficient (Wildman–Crippen LogP) is 2.54. The van der Waals surface area contributed by atoms with Gasteiger partial charge in [0.15, 0.2) is 5.78 Å². The molecule has 0 saturated heterocycles. The maximum absolute atomic E-state index is 12.0. The molecule has 0 amide bonds. The lowest BCUT2D eigenvalue weighted by molar-refractivity contribution is 0.0996. The van der Waals surface area contributed by atoms with Crippen molar-refractivity contribution in [3.8, 4) is 0 Å². The average molecular weight is 253 g/mol. The van der Waals surface area contributed by atoms with E-state index in [-0.39, 0.29) is 11.7 Å². The highest BCUT2D eigenvalue weighted by atomic mass is 32.1. The Morgan fingerprint density at radius 1 is 1.50 bits per heavy atom. The van der Waals surface area contributed by atoms with E-state index < -0.39 is 0 Å². The molecule has 2 rings (SSSR count). The summed E-state index contributed by atoms with van der Waals surface area (Å²) in [7, 11) is 0. The number of carbonyl (C=O) groups is 1. The molecule has 0 unspecified atom stereocenters. The van der Waals surface area contributed by atoms with Crippen LogP contribution in [0.5, 0.6) is 0 Å². The van der Waals surface area contributed by atoms with E-state index in [4.69, 9.17) is 0 Å². The molecule has 2 aromatic rings. The van der Waals surface area contributed by atoms with Crippen LogP contribution in [0.1, 0.15) is 40.0 Å². The Bertz CT molecular complexity index is 476. The molecule has 0 spiro atoms. The minimum absolute atomic E-state index is 0.0861. The van der Waals surface area contributed by atoms with Crippen LogP contribution in [0, 0.1) is 0 Å². The zero-order chi connectivity index (χ0) is 11.5. The van der Waals surface area contributed by atoms with Crippen LogP contribution in [0.4, 0.5) is 0 Å². The second-order valence-electron chi connectivity index (χ2n) is 3.71. The lowest BCUT2D eigenvalue weighted by atomic mass is 10.1. The summed E-state index contributed by atoms with van der Waals surface area (Å²) >= 11 is 2.68. The zero-order valence-corrected chi connectivity index (χ0v) is 10.6. The van der Waals surface area contributed by atoms with Crippen molar-refractivity contribution in [2.75, 3.05) is 0 Å². The molecule has 2 aromatic heterocycles. The largest absolute Gasteiger partial charge is 0.293 e. The van der Waals surface area contributed by atoms with Gasteiger partial charge in [-0.25, -0.2) is 0 Å². The Balaban J connectivity index is 2.18. The fraction of sp³-hybridized carbons (Fsp3) is 0.400. The molecule has 4 nitrogen and oxygen atoms in total. The third-order valence-corrected chi connectivity index (χ3v) is 3.69. The van der Waals surface area contributed by atoms with Gasteiger partial charge in [-0.15, -0.1) is 16.4 Å². The second kappa shape index (κ2) is 4.80. The van der Waals surface area contributed by atoms with Gasteiger partial charge in [0.25, 0.3) is 0 Å². The summed E-state index contributed by atoms with van der Waals surface area (Å²) in [5.74, 6) is 0.321. The van der Waals surface area contributed by atoms with Crippen molar-refractivity contribution in [1.82, 2.24) is 14.6 Å². The SMILES string of the molecule is CC(C)c1nnsc1C(=O)Cc1cncs1. The first-order valence-corrected chi connectivity index (χ1v) is 6.56. The fourth-order valence-electron chi connectivity index (χ4n) is 1.34. The van der Waals surface area contributed by atoms with Gasteiger partial charge in [0.1, 0.15) is 4.88 Å².